The van der Waals surface area contributed by atoms with Crippen LogP contribution in [0.1, 0.15) is 12.6 Å². The summed E-state index contributed by atoms with van der Waals surface area (Å²) in [4.78, 5) is 14.4. The molecule has 0 aliphatic heterocycles. The molecular formula is C16H14F3NO4. The number of methoxy groups -OCH3 is 1. The van der Waals surface area contributed by atoms with Crippen LogP contribution in [0.5, 0.6) is 11.5 Å². The van der Waals surface area contributed by atoms with Gasteiger partial charge in [-0.15, -0.1) is 0 Å². The van der Waals surface area contributed by atoms with Gasteiger partial charge in [-0.1, -0.05) is 18.2 Å². The van der Waals surface area contributed by atoms with Crippen molar-refractivity contribution >= 4 is 5.97 Å². The van der Waals surface area contributed by atoms with Crippen LogP contribution in [0, 0.1) is 0 Å². The van der Waals surface area contributed by atoms with Crippen molar-refractivity contribution in [2.45, 2.75) is 19.2 Å². The van der Waals surface area contributed by atoms with Gasteiger partial charge in [0.15, 0.2) is 11.8 Å². The van der Waals surface area contributed by atoms with Crippen LogP contribution in [0.3, 0.4) is 0 Å². The third-order valence-corrected chi connectivity index (χ3v) is 3.19. The zero-order chi connectivity index (χ0) is 17.9. The van der Waals surface area contributed by atoms with E-state index < -0.39 is 29.7 Å². The number of rotatable bonds is 5. The number of para-hydroxylation sites is 1. The molecule has 1 aromatic heterocycles. The van der Waals surface area contributed by atoms with Gasteiger partial charge >= 0.3 is 12.1 Å². The van der Waals surface area contributed by atoms with Crippen LogP contribution < -0.4 is 9.47 Å². The van der Waals surface area contributed by atoms with Crippen LogP contribution in [0.4, 0.5) is 13.2 Å². The SMILES string of the molecule is COc1cc(-c2ccccc2OC(C)C(=O)O)cnc1C(F)(F)F. The molecule has 5 nitrogen and oxygen atoms in total. The smallest absolute Gasteiger partial charge is 0.437 e. The summed E-state index contributed by atoms with van der Waals surface area (Å²) in [5.41, 5.74) is -0.413. The second-order valence-corrected chi connectivity index (χ2v) is 4.87. The Hall–Kier alpha value is -2.77. The summed E-state index contributed by atoms with van der Waals surface area (Å²) in [6.07, 6.45) is -4.72. The van der Waals surface area contributed by atoms with Crippen LogP contribution >= 0.6 is 0 Å². The third-order valence-electron chi connectivity index (χ3n) is 3.19. The first-order valence-corrected chi connectivity index (χ1v) is 6.84. The molecule has 0 aliphatic carbocycles. The lowest BCUT2D eigenvalue weighted by atomic mass is 10.1. The number of aliphatic carboxylic acids is 1. The molecule has 0 amide bonds. The van der Waals surface area contributed by atoms with Crippen LogP contribution in [-0.4, -0.2) is 29.3 Å². The molecule has 2 rings (SSSR count). The van der Waals surface area contributed by atoms with Crippen molar-refractivity contribution in [1.29, 1.82) is 0 Å². The number of aromatic nitrogens is 1. The largest absolute Gasteiger partial charge is 0.494 e. The minimum absolute atomic E-state index is 0.219. The van der Waals surface area contributed by atoms with Crippen molar-refractivity contribution in [2.75, 3.05) is 7.11 Å². The van der Waals surface area contributed by atoms with Gasteiger partial charge in [0.2, 0.25) is 0 Å². The van der Waals surface area contributed by atoms with E-state index in [1.54, 1.807) is 18.2 Å². The Labute approximate surface area is 135 Å². The van der Waals surface area contributed by atoms with Gasteiger partial charge < -0.3 is 14.6 Å². The highest BCUT2D eigenvalue weighted by Crippen LogP contribution is 2.38. The number of benzene rings is 1. The van der Waals surface area contributed by atoms with Crippen molar-refractivity contribution < 1.29 is 32.5 Å². The van der Waals surface area contributed by atoms with Crippen molar-refractivity contribution in [2.24, 2.45) is 0 Å². The molecule has 1 N–H and O–H groups in total. The standard InChI is InChI=1S/C16H14F3NO4/c1-9(15(21)22)24-12-6-4-3-5-11(12)10-7-13(23-2)14(20-8-10)16(17,18)19/h3-9H,1-2H3,(H,21,22). The van der Waals surface area contributed by atoms with E-state index in [2.05, 4.69) is 4.98 Å². The molecule has 128 valence electrons. The molecule has 0 saturated carbocycles. The number of carboxylic acids is 1. The number of pyridine rings is 1. The van der Waals surface area contributed by atoms with E-state index in [0.29, 0.717) is 11.1 Å². The minimum Gasteiger partial charge on any atom is -0.494 e. The fourth-order valence-corrected chi connectivity index (χ4v) is 2.01. The quantitative estimate of drug-likeness (QED) is 0.899. The molecule has 0 saturated heterocycles. The molecule has 24 heavy (non-hydrogen) atoms. The molecule has 0 spiro atoms. The lowest BCUT2D eigenvalue weighted by Crippen LogP contribution is -2.23. The summed E-state index contributed by atoms with van der Waals surface area (Å²) in [5, 5.41) is 8.93. The maximum Gasteiger partial charge on any atom is 0.437 e. The predicted molar refractivity (Wildman–Crippen MR) is 79.0 cm³/mol. The van der Waals surface area contributed by atoms with Gasteiger partial charge in [0.05, 0.1) is 7.11 Å². The Balaban J connectivity index is 2.48. The molecule has 2 aromatic rings. The monoisotopic (exact) mass is 341 g/mol. The summed E-state index contributed by atoms with van der Waals surface area (Å²) in [6, 6.07) is 7.58. The zero-order valence-electron chi connectivity index (χ0n) is 12.8. The van der Waals surface area contributed by atoms with E-state index >= 15 is 0 Å². The van der Waals surface area contributed by atoms with E-state index in [1.165, 1.54) is 19.1 Å². The maximum absolute atomic E-state index is 12.9. The highest BCUT2D eigenvalue weighted by atomic mass is 19.4. The van der Waals surface area contributed by atoms with Crippen molar-refractivity contribution in [1.82, 2.24) is 4.98 Å². The summed E-state index contributed by atoms with van der Waals surface area (Å²) >= 11 is 0. The molecule has 1 atom stereocenters. The second-order valence-electron chi connectivity index (χ2n) is 4.87. The molecule has 0 radical (unpaired) electrons. The number of carboxylic acid groups (broad SMARTS) is 1. The van der Waals surface area contributed by atoms with Gasteiger partial charge in [0, 0.05) is 17.3 Å². The van der Waals surface area contributed by atoms with Crippen molar-refractivity contribution in [3.05, 3.63) is 42.2 Å². The van der Waals surface area contributed by atoms with Crippen molar-refractivity contribution in [3.63, 3.8) is 0 Å². The van der Waals surface area contributed by atoms with Crippen LogP contribution in [0.2, 0.25) is 0 Å². The summed E-state index contributed by atoms with van der Waals surface area (Å²) in [7, 11) is 1.12. The Morgan fingerprint density at radius 1 is 1.25 bits per heavy atom. The van der Waals surface area contributed by atoms with Gasteiger partial charge in [-0.3, -0.25) is 0 Å². The predicted octanol–water partition coefficient (Wildman–Crippen LogP) is 3.63. The molecule has 0 fully saturated rings. The molecule has 0 aliphatic rings. The number of nitrogens with zero attached hydrogens (tertiary/aromatic N) is 1. The average molecular weight is 341 g/mol. The van der Waals surface area contributed by atoms with E-state index in [9.17, 15) is 18.0 Å². The fourth-order valence-electron chi connectivity index (χ4n) is 2.01. The molecule has 1 heterocycles. The molecular weight excluding hydrogens is 327 g/mol. The number of hydrogen-bond donors (Lipinski definition) is 1. The average Bonchev–Trinajstić information content (AvgIpc) is 2.53. The Kier molecular flexibility index (Phi) is 4.96. The highest BCUT2D eigenvalue weighted by Gasteiger charge is 2.36. The first kappa shape index (κ1) is 17.6. The lowest BCUT2D eigenvalue weighted by Gasteiger charge is -2.16. The normalized spacial score (nSPS) is 12.5. The van der Waals surface area contributed by atoms with Crippen LogP contribution in [0.15, 0.2) is 36.5 Å². The molecule has 0 bridgehead atoms. The van der Waals surface area contributed by atoms with Gasteiger partial charge in [-0.25, -0.2) is 9.78 Å². The third kappa shape index (κ3) is 3.76. The number of ether oxygens (including phenoxy) is 2. The topological polar surface area (TPSA) is 68.7 Å². The first-order valence-electron chi connectivity index (χ1n) is 6.84. The molecule has 8 heteroatoms. The van der Waals surface area contributed by atoms with Gasteiger partial charge in [-0.2, -0.15) is 13.2 Å². The fraction of sp³-hybridized carbons (Fsp3) is 0.250. The first-order chi connectivity index (χ1) is 11.2. The number of carbonyl (C=O) groups is 1. The van der Waals surface area contributed by atoms with Crippen LogP contribution in [0.25, 0.3) is 11.1 Å². The zero-order valence-corrected chi connectivity index (χ0v) is 12.8. The van der Waals surface area contributed by atoms with E-state index in [1.807, 2.05) is 0 Å². The van der Waals surface area contributed by atoms with Crippen molar-refractivity contribution in [3.8, 4) is 22.6 Å². The Morgan fingerprint density at radius 3 is 2.50 bits per heavy atom. The second kappa shape index (κ2) is 6.77. The van der Waals surface area contributed by atoms with E-state index in [4.69, 9.17) is 14.6 Å². The lowest BCUT2D eigenvalue weighted by molar-refractivity contribution is -0.144. The van der Waals surface area contributed by atoms with Gasteiger partial charge in [0.1, 0.15) is 11.5 Å². The number of alkyl halides is 3. The summed E-state index contributed by atoms with van der Waals surface area (Å²) < 4.78 is 48.7. The number of hydrogen-bond acceptors (Lipinski definition) is 4. The Morgan fingerprint density at radius 2 is 1.92 bits per heavy atom. The highest BCUT2D eigenvalue weighted by molar-refractivity contribution is 5.74. The minimum atomic E-state index is -4.64. The maximum atomic E-state index is 12.9. The molecule has 1 aromatic carbocycles. The van der Waals surface area contributed by atoms with Gasteiger partial charge in [-0.05, 0) is 19.1 Å². The number of halogens is 3. The van der Waals surface area contributed by atoms with E-state index in [0.717, 1.165) is 13.3 Å². The van der Waals surface area contributed by atoms with Crippen LogP contribution in [-0.2, 0) is 11.0 Å². The summed E-state index contributed by atoms with van der Waals surface area (Å²) in [6.45, 7) is 1.35. The van der Waals surface area contributed by atoms with E-state index in [-0.39, 0.29) is 5.75 Å². The Bertz CT molecular complexity index is 746. The molecule has 1 unspecified atom stereocenters. The van der Waals surface area contributed by atoms with Gasteiger partial charge in [0.25, 0.3) is 0 Å². The summed E-state index contributed by atoms with van der Waals surface area (Å²) in [5.74, 6) is -1.37.